The van der Waals surface area contributed by atoms with Crippen LogP contribution in [0.1, 0.15) is 46.0 Å². The van der Waals surface area contributed by atoms with Gasteiger partial charge in [0.05, 0.1) is 12.5 Å². The predicted molar refractivity (Wildman–Crippen MR) is 123 cm³/mol. The molecule has 0 fully saturated rings. The van der Waals surface area contributed by atoms with Gasteiger partial charge < -0.3 is 37.0 Å². The summed E-state index contributed by atoms with van der Waals surface area (Å²) in [7, 11) is 0. The van der Waals surface area contributed by atoms with E-state index in [1.165, 1.54) is 11.8 Å². The number of carboxylic acids is 3. The van der Waals surface area contributed by atoms with Crippen molar-refractivity contribution >= 4 is 47.4 Å². The van der Waals surface area contributed by atoms with Gasteiger partial charge in [0.25, 0.3) is 0 Å². The zero-order valence-corrected chi connectivity index (χ0v) is 20.2. The Labute approximate surface area is 201 Å². The molecule has 194 valence electrons. The Morgan fingerprint density at radius 3 is 1.79 bits per heavy atom. The van der Waals surface area contributed by atoms with Gasteiger partial charge >= 0.3 is 17.9 Å². The second-order valence-corrected chi connectivity index (χ2v) is 9.06. The molecule has 4 unspecified atom stereocenters. The normalized spacial score (nSPS) is 14.4. The number of rotatable bonds is 17. The van der Waals surface area contributed by atoms with Crippen molar-refractivity contribution in [2.75, 3.05) is 12.0 Å². The van der Waals surface area contributed by atoms with Crippen LogP contribution in [0.2, 0.25) is 0 Å². The molecule has 34 heavy (non-hydrogen) atoms. The molecule has 0 saturated carbocycles. The summed E-state index contributed by atoms with van der Waals surface area (Å²) in [6.45, 7) is 3.59. The van der Waals surface area contributed by atoms with Crippen LogP contribution in [0.3, 0.4) is 0 Å². The molecule has 14 heteroatoms. The lowest BCUT2D eigenvalue weighted by Gasteiger charge is -2.26. The van der Waals surface area contributed by atoms with Crippen molar-refractivity contribution in [3.05, 3.63) is 0 Å². The van der Waals surface area contributed by atoms with E-state index in [1.54, 1.807) is 20.1 Å². The lowest BCUT2D eigenvalue weighted by Crippen LogP contribution is -2.57. The van der Waals surface area contributed by atoms with Crippen molar-refractivity contribution < 1.29 is 44.1 Å². The minimum Gasteiger partial charge on any atom is -0.481 e. The Hall–Kier alpha value is -2.87. The monoisotopic (exact) mass is 506 g/mol. The number of aliphatic carboxylic acids is 3. The summed E-state index contributed by atoms with van der Waals surface area (Å²) in [5.41, 5.74) is 5.56. The van der Waals surface area contributed by atoms with Crippen LogP contribution in [0.25, 0.3) is 0 Å². The van der Waals surface area contributed by atoms with Gasteiger partial charge in [0.2, 0.25) is 17.7 Å². The quantitative estimate of drug-likeness (QED) is 0.126. The van der Waals surface area contributed by atoms with E-state index in [9.17, 15) is 33.9 Å². The summed E-state index contributed by atoms with van der Waals surface area (Å²) in [5.74, 6) is -5.90. The highest BCUT2D eigenvalue weighted by Crippen LogP contribution is 2.09. The molecule has 0 spiro atoms. The van der Waals surface area contributed by atoms with E-state index in [-0.39, 0.29) is 25.2 Å². The second kappa shape index (κ2) is 15.9. The third-order valence-electron chi connectivity index (χ3n) is 4.58. The zero-order chi connectivity index (χ0) is 26.4. The maximum absolute atomic E-state index is 12.9. The van der Waals surface area contributed by atoms with E-state index >= 15 is 0 Å². The third kappa shape index (κ3) is 13.0. The van der Waals surface area contributed by atoms with Gasteiger partial charge in [0.15, 0.2) is 0 Å². The first-order chi connectivity index (χ1) is 15.8. The molecule has 0 heterocycles. The van der Waals surface area contributed by atoms with Gasteiger partial charge in [-0.15, -0.1) is 0 Å². The zero-order valence-electron chi connectivity index (χ0n) is 19.4. The van der Waals surface area contributed by atoms with E-state index in [1.807, 2.05) is 0 Å². The summed E-state index contributed by atoms with van der Waals surface area (Å²) >= 11 is 1.39. The van der Waals surface area contributed by atoms with E-state index in [0.717, 1.165) is 0 Å². The lowest BCUT2D eigenvalue weighted by molar-refractivity contribution is -0.143. The number of thioether (sulfide) groups is 1. The summed E-state index contributed by atoms with van der Waals surface area (Å²) in [6.07, 6.45) is 0.642. The van der Waals surface area contributed by atoms with Crippen LogP contribution in [0.5, 0.6) is 0 Å². The highest BCUT2D eigenvalue weighted by Gasteiger charge is 2.31. The minimum atomic E-state index is -1.46. The SMILES string of the molecule is CSCCC(NC(=O)C(CC(C)C)NC(=O)C(N)CC(=O)O)C(=O)NC(CCC(=O)O)C(=O)O. The molecule has 0 aromatic heterocycles. The number of hydrogen-bond acceptors (Lipinski definition) is 8. The van der Waals surface area contributed by atoms with Crippen molar-refractivity contribution in [3.8, 4) is 0 Å². The molecule has 3 amide bonds. The molecule has 8 N–H and O–H groups in total. The van der Waals surface area contributed by atoms with Gasteiger partial charge in [-0.25, -0.2) is 4.79 Å². The molecule has 4 atom stereocenters. The van der Waals surface area contributed by atoms with Crippen LogP contribution in [0, 0.1) is 5.92 Å². The molecule has 0 radical (unpaired) electrons. The van der Waals surface area contributed by atoms with Crippen LogP contribution in [-0.2, 0) is 28.8 Å². The third-order valence-corrected chi connectivity index (χ3v) is 5.22. The Balaban J connectivity index is 5.47. The topological polar surface area (TPSA) is 225 Å². The maximum Gasteiger partial charge on any atom is 0.326 e. The molecule has 0 aliphatic carbocycles. The molecule has 0 aliphatic rings. The smallest absolute Gasteiger partial charge is 0.326 e. The van der Waals surface area contributed by atoms with Gasteiger partial charge in [-0.1, -0.05) is 13.8 Å². The fraction of sp³-hybridized carbons (Fsp3) is 0.700. The molecule has 0 aromatic carbocycles. The standard InChI is InChI=1S/C20H34N4O9S/c1-10(2)8-14(24-17(29)11(21)9-16(27)28)19(31)22-12(6-7-34-3)18(30)23-13(20(32)33)4-5-15(25)26/h10-14H,4-9,21H2,1-3H3,(H,22,31)(H,23,30)(H,24,29)(H,25,26)(H,27,28)(H,32,33). The first kappa shape index (κ1) is 31.1. The van der Waals surface area contributed by atoms with Gasteiger partial charge in [-0.05, 0) is 37.2 Å². The largest absolute Gasteiger partial charge is 0.481 e. The molecule has 0 aromatic rings. The Morgan fingerprint density at radius 2 is 1.32 bits per heavy atom. The average molecular weight is 507 g/mol. The fourth-order valence-electron chi connectivity index (χ4n) is 2.84. The number of nitrogens with one attached hydrogen (secondary N) is 3. The van der Waals surface area contributed by atoms with Crippen molar-refractivity contribution in [3.63, 3.8) is 0 Å². The van der Waals surface area contributed by atoms with E-state index in [0.29, 0.717) is 5.75 Å². The van der Waals surface area contributed by atoms with Gasteiger partial charge in [-0.2, -0.15) is 11.8 Å². The van der Waals surface area contributed by atoms with E-state index < -0.39 is 72.6 Å². The van der Waals surface area contributed by atoms with Crippen molar-refractivity contribution in [2.45, 2.75) is 70.1 Å². The Kier molecular flexibility index (Phi) is 14.5. The number of nitrogens with two attached hydrogens (primary N) is 1. The lowest BCUT2D eigenvalue weighted by atomic mass is 10.0. The molecule has 13 nitrogen and oxygen atoms in total. The second-order valence-electron chi connectivity index (χ2n) is 8.07. The number of carbonyl (C=O) groups is 6. The van der Waals surface area contributed by atoms with Crippen LogP contribution in [0.15, 0.2) is 0 Å². The first-order valence-electron chi connectivity index (χ1n) is 10.6. The number of carbonyl (C=O) groups excluding carboxylic acids is 3. The van der Waals surface area contributed by atoms with E-state index in [2.05, 4.69) is 16.0 Å². The summed E-state index contributed by atoms with van der Waals surface area (Å²) in [5, 5.41) is 34.0. The van der Waals surface area contributed by atoms with Gasteiger partial charge in [-0.3, -0.25) is 24.0 Å². The van der Waals surface area contributed by atoms with Crippen LogP contribution >= 0.6 is 11.8 Å². The predicted octanol–water partition coefficient (Wildman–Crippen LogP) is -1.01. The van der Waals surface area contributed by atoms with Crippen molar-refractivity contribution in [1.29, 1.82) is 0 Å². The number of carboxylic acid groups (broad SMARTS) is 3. The fourth-order valence-corrected chi connectivity index (χ4v) is 3.31. The molecule has 0 aliphatic heterocycles. The Morgan fingerprint density at radius 1 is 0.794 bits per heavy atom. The minimum absolute atomic E-state index is 0.0577. The number of amides is 3. The van der Waals surface area contributed by atoms with Crippen molar-refractivity contribution in [2.24, 2.45) is 11.7 Å². The molecule has 0 saturated heterocycles. The summed E-state index contributed by atoms with van der Waals surface area (Å²) in [4.78, 5) is 70.8. The van der Waals surface area contributed by atoms with Gasteiger partial charge in [0.1, 0.15) is 18.1 Å². The number of hydrogen-bond donors (Lipinski definition) is 7. The van der Waals surface area contributed by atoms with Crippen LogP contribution in [-0.4, -0.2) is 87.1 Å². The Bertz CT molecular complexity index is 748. The van der Waals surface area contributed by atoms with Gasteiger partial charge in [0, 0.05) is 6.42 Å². The molecular weight excluding hydrogens is 472 g/mol. The molecule has 0 bridgehead atoms. The van der Waals surface area contributed by atoms with E-state index in [4.69, 9.17) is 15.9 Å². The summed E-state index contributed by atoms with van der Waals surface area (Å²) in [6, 6.07) is -5.09. The van der Waals surface area contributed by atoms with Crippen molar-refractivity contribution in [1.82, 2.24) is 16.0 Å². The molecule has 0 rings (SSSR count). The highest BCUT2D eigenvalue weighted by molar-refractivity contribution is 7.98. The highest BCUT2D eigenvalue weighted by atomic mass is 32.2. The first-order valence-corrected chi connectivity index (χ1v) is 12.0. The maximum atomic E-state index is 12.9. The van der Waals surface area contributed by atoms with Crippen LogP contribution in [0.4, 0.5) is 0 Å². The summed E-state index contributed by atoms with van der Waals surface area (Å²) < 4.78 is 0. The van der Waals surface area contributed by atoms with Crippen LogP contribution < -0.4 is 21.7 Å². The molecular formula is C20H34N4O9S. The average Bonchev–Trinajstić information content (AvgIpc) is 2.71.